The Hall–Kier alpha value is -0.870. The number of thiophene rings is 1. The van der Waals surface area contributed by atoms with E-state index in [1.807, 2.05) is 6.92 Å². The lowest BCUT2D eigenvalue weighted by molar-refractivity contribution is -0.120. The van der Waals surface area contributed by atoms with E-state index in [1.54, 1.807) is 11.3 Å². The fourth-order valence-corrected chi connectivity index (χ4v) is 2.39. The molecule has 84 valence electrons. The zero-order valence-corrected chi connectivity index (χ0v) is 10.3. The van der Waals surface area contributed by atoms with Gasteiger partial charge in [0.15, 0.2) is 0 Å². The van der Waals surface area contributed by atoms with Crippen molar-refractivity contribution in [3.05, 3.63) is 21.9 Å². The van der Waals surface area contributed by atoms with Gasteiger partial charge < -0.3 is 10.6 Å². The molecule has 2 N–H and O–H groups in total. The molecule has 0 saturated heterocycles. The summed E-state index contributed by atoms with van der Waals surface area (Å²) in [5, 5.41) is 8.05. The van der Waals surface area contributed by atoms with Crippen LogP contribution in [-0.4, -0.2) is 19.0 Å². The zero-order valence-electron chi connectivity index (χ0n) is 9.46. The summed E-state index contributed by atoms with van der Waals surface area (Å²) in [5.41, 5.74) is 1.29. The Labute approximate surface area is 94.9 Å². The van der Waals surface area contributed by atoms with Gasteiger partial charge in [-0.25, -0.2) is 0 Å². The van der Waals surface area contributed by atoms with E-state index in [-0.39, 0.29) is 11.9 Å². The lowest BCUT2D eigenvalue weighted by Crippen LogP contribution is -2.34. The summed E-state index contributed by atoms with van der Waals surface area (Å²) in [6, 6.07) is 2.34. The predicted molar refractivity (Wildman–Crippen MR) is 64.2 cm³/mol. The summed E-state index contributed by atoms with van der Waals surface area (Å²) in [6.07, 6.45) is 0. The highest BCUT2D eigenvalue weighted by atomic mass is 32.1. The molecule has 1 rings (SSSR count). The molecule has 0 fully saturated rings. The van der Waals surface area contributed by atoms with Crippen LogP contribution in [0.5, 0.6) is 0 Å². The van der Waals surface area contributed by atoms with Crippen molar-refractivity contribution >= 4 is 17.2 Å². The van der Waals surface area contributed by atoms with Crippen molar-refractivity contribution < 1.29 is 4.79 Å². The second-order valence-electron chi connectivity index (χ2n) is 3.52. The fourth-order valence-electron chi connectivity index (χ4n) is 1.43. The first-order valence-electron chi connectivity index (χ1n) is 5.19. The molecule has 1 atom stereocenters. The lowest BCUT2D eigenvalue weighted by Gasteiger charge is -2.12. The number of aryl methyl sites for hydroxylation is 1. The highest BCUT2D eigenvalue weighted by molar-refractivity contribution is 7.10. The van der Waals surface area contributed by atoms with Gasteiger partial charge in [-0.3, -0.25) is 4.79 Å². The largest absolute Gasteiger partial charge is 0.355 e. The first kappa shape index (κ1) is 12.2. The van der Waals surface area contributed by atoms with Crippen LogP contribution >= 0.6 is 11.3 Å². The van der Waals surface area contributed by atoms with E-state index in [1.165, 1.54) is 10.4 Å². The van der Waals surface area contributed by atoms with Crippen molar-refractivity contribution in [3.8, 4) is 0 Å². The molecule has 0 radical (unpaired) electrons. The first-order valence-corrected chi connectivity index (χ1v) is 6.07. The topological polar surface area (TPSA) is 41.1 Å². The third kappa shape index (κ3) is 3.64. The quantitative estimate of drug-likeness (QED) is 0.804. The number of hydrogen-bond donors (Lipinski definition) is 2. The van der Waals surface area contributed by atoms with Crippen LogP contribution in [0, 0.1) is 6.92 Å². The van der Waals surface area contributed by atoms with E-state index >= 15 is 0 Å². The molecule has 0 spiro atoms. The van der Waals surface area contributed by atoms with Crippen LogP contribution in [0.2, 0.25) is 0 Å². The van der Waals surface area contributed by atoms with Crippen molar-refractivity contribution in [1.29, 1.82) is 0 Å². The van der Waals surface area contributed by atoms with Crippen LogP contribution in [0.15, 0.2) is 11.4 Å². The highest BCUT2D eigenvalue weighted by Gasteiger charge is 2.10. The first-order chi connectivity index (χ1) is 7.15. The Morgan fingerprint density at radius 3 is 2.87 bits per heavy atom. The second-order valence-corrected chi connectivity index (χ2v) is 4.47. The van der Waals surface area contributed by atoms with E-state index in [0.29, 0.717) is 13.1 Å². The van der Waals surface area contributed by atoms with Crippen molar-refractivity contribution in [3.63, 3.8) is 0 Å². The molecule has 0 aliphatic rings. The SMILES string of the molecule is CCNC(=O)CNC(C)c1sccc1C. The van der Waals surface area contributed by atoms with Crippen LogP contribution < -0.4 is 10.6 Å². The summed E-state index contributed by atoms with van der Waals surface area (Å²) < 4.78 is 0. The molecule has 1 amide bonds. The number of hydrogen-bond acceptors (Lipinski definition) is 3. The van der Waals surface area contributed by atoms with Crippen molar-refractivity contribution in [1.82, 2.24) is 10.6 Å². The summed E-state index contributed by atoms with van der Waals surface area (Å²) in [6.45, 7) is 7.16. The minimum absolute atomic E-state index is 0.0542. The fraction of sp³-hybridized carbons (Fsp3) is 0.545. The van der Waals surface area contributed by atoms with Gasteiger partial charge in [-0.15, -0.1) is 11.3 Å². The van der Waals surface area contributed by atoms with E-state index in [4.69, 9.17) is 0 Å². The zero-order chi connectivity index (χ0) is 11.3. The Morgan fingerprint density at radius 2 is 2.33 bits per heavy atom. The standard InChI is InChI=1S/C11H18N2OS/c1-4-12-10(14)7-13-9(3)11-8(2)5-6-15-11/h5-6,9,13H,4,7H2,1-3H3,(H,12,14). The van der Waals surface area contributed by atoms with Gasteiger partial charge in [0, 0.05) is 17.5 Å². The molecule has 3 nitrogen and oxygen atoms in total. The summed E-state index contributed by atoms with van der Waals surface area (Å²) in [7, 11) is 0. The minimum atomic E-state index is 0.0542. The Bertz CT molecular complexity index is 322. The third-order valence-corrected chi connectivity index (χ3v) is 3.44. The Balaban J connectivity index is 2.40. The van der Waals surface area contributed by atoms with Crippen molar-refractivity contribution in [2.24, 2.45) is 0 Å². The molecular weight excluding hydrogens is 208 g/mol. The van der Waals surface area contributed by atoms with Gasteiger partial charge in [-0.05, 0) is 37.8 Å². The van der Waals surface area contributed by atoms with Gasteiger partial charge in [-0.2, -0.15) is 0 Å². The summed E-state index contributed by atoms with van der Waals surface area (Å²) >= 11 is 1.73. The van der Waals surface area contributed by atoms with Gasteiger partial charge in [0.1, 0.15) is 0 Å². The molecule has 1 aromatic rings. The maximum absolute atomic E-state index is 11.2. The predicted octanol–water partition coefficient (Wildman–Crippen LogP) is 1.84. The van der Waals surface area contributed by atoms with Crippen molar-refractivity contribution in [2.75, 3.05) is 13.1 Å². The Morgan fingerprint density at radius 1 is 1.60 bits per heavy atom. The second kappa shape index (κ2) is 5.88. The highest BCUT2D eigenvalue weighted by Crippen LogP contribution is 2.22. The molecule has 0 saturated carbocycles. The number of carbonyl (C=O) groups is 1. The molecule has 1 heterocycles. The molecule has 4 heteroatoms. The number of nitrogens with one attached hydrogen (secondary N) is 2. The summed E-state index contributed by atoms with van der Waals surface area (Å²) in [5.74, 6) is 0.0542. The monoisotopic (exact) mass is 226 g/mol. The number of likely N-dealkylation sites (N-methyl/N-ethyl adjacent to an activating group) is 1. The van der Waals surface area contributed by atoms with Crippen LogP contribution in [0.1, 0.15) is 30.3 Å². The van der Waals surface area contributed by atoms with E-state index in [0.717, 1.165) is 0 Å². The number of rotatable bonds is 5. The van der Waals surface area contributed by atoms with E-state index < -0.39 is 0 Å². The minimum Gasteiger partial charge on any atom is -0.355 e. The molecule has 15 heavy (non-hydrogen) atoms. The van der Waals surface area contributed by atoms with Gasteiger partial charge in [-0.1, -0.05) is 0 Å². The number of amides is 1. The van der Waals surface area contributed by atoms with Crippen LogP contribution in [0.3, 0.4) is 0 Å². The average molecular weight is 226 g/mol. The maximum Gasteiger partial charge on any atom is 0.233 e. The molecule has 0 bridgehead atoms. The van der Waals surface area contributed by atoms with Gasteiger partial charge in [0.2, 0.25) is 5.91 Å². The molecule has 1 aromatic heterocycles. The molecule has 0 aromatic carbocycles. The normalized spacial score (nSPS) is 12.5. The van der Waals surface area contributed by atoms with Crippen LogP contribution in [-0.2, 0) is 4.79 Å². The number of carbonyl (C=O) groups excluding carboxylic acids is 1. The summed E-state index contributed by atoms with van der Waals surface area (Å²) in [4.78, 5) is 12.5. The van der Waals surface area contributed by atoms with Crippen LogP contribution in [0.4, 0.5) is 0 Å². The van der Waals surface area contributed by atoms with Gasteiger partial charge >= 0.3 is 0 Å². The average Bonchev–Trinajstić information content (AvgIpc) is 2.61. The molecule has 0 aliphatic carbocycles. The lowest BCUT2D eigenvalue weighted by atomic mass is 10.2. The van der Waals surface area contributed by atoms with E-state index in [9.17, 15) is 4.79 Å². The van der Waals surface area contributed by atoms with E-state index in [2.05, 4.69) is 35.9 Å². The Kier molecular flexibility index (Phi) is 4.78. The maximum atomic E-state index is 11.2. The van der Waals surface area contributed by atoms with Gasteiger partial charge in [0.05, 0.1) is 6.54 Å². The van der Waals surface area contributed by atoms with Crippen molar-refractivity contribution in [2.45, 2.75) is 26.8 Å². The molecule has 0 aliphatic heterocycles. The van der Waals surface area contributed by atoms with Crippen LogP contribution in [0.25, 0.3) is 0 Å². The smallest absolute Gasteiger partial charge is 0.233 e. The molecular formula is C11H18N2OS. The molecule has 1 unspecified atom stereocenters. The third-order valence-electron chi connectivity index (χ3n) is 2.24. The van der Waals surface area contributed by atoms with Gasteiger partial charge in [0.25, 0.3) is 0 Å².